The van der Waals surface area contributed by atoms with Gasteiger partial charge in [0.05, 0.1) is 0 Å². The Morgan fingerprint density at radius 2 is 1.67 bits per heavy atom. The van der Waals surface area contributed by atoms with Gasteiger partial charge in [-0.2, -0.15) is 0 Å². The van der Waals surface area contributed by atoms with Crippen LogP contribution in [-0.4, -0.2) is 42.4 Å². The van der Waals surface area contributed by atoms with Crippen LogP contribution in [0.15, 0.2) is 0 Å². The Labute approximate surface area is 148 Å². The van der Waals surface area contributed by atoms with E-state index in [1.807, 2.05) is 13.8 Å². The molecule has 0 spiro atoms. The molecule has 4 atom stereocenters. The Kier molecular flexibility index (Phi) is 7.91. The zero-order chi connectivity index (χ0) is 18.5. The second-order valence-electron chi connectivity index (χ2n) is 8.55. The first-order valence-electron chi connectivity index (χ1n) is 9.55. The van der Waals surface area contributed by atoms with E-state index in [0.29, 0.717) is 11.8 Å². The van der Waals surface area contributed by atoms with E-state index in [4.69, 9.17) is 4.74 Å². The van der Waals surface area contributed by atoms with Crippen LogP contribution in [-0.2, 0) is 14.3 Å². The minimum Gasteiger partial charge on any atom is -0.461 e. The van der Waals surface area contributed by atoms with Crippen molar-refractivity contribution in [3.8, 4) is 0 Å². The summed E-state index contributed by atoms with van der Waals surface area (Å²) in [5, 5.41) is 0. The second kappa shape index (κ2) is 8.98. The van der Waals surface area contributed by atoms with E-state index in [2.05, 4.69) is 25.7 Å². The molecule has 1 fully saturated rings. The maximum atomic E-state index is 12.8. The number of esters is 1. The number of cyclic esters (lactones) is 1. The molecule has 0 aliphatic carbocycles. The molecule has 1 aliphatic rings. The molecule has 24 heavy (non-hydrogen) atoms. The van der Waals surface area contributed by atoms with E-state index in [1.54, 1.807) is 13.8 Å². The summed E-state index contributed by atoms with van der Waals surface area (Å²) in [6.45, 7) is 16.7. The standard InChI is InChI=1S/C20H37NO3/c1-8-9-21-12-15(3)10-14(2)11-16(4)18(22)20(6,7)19(23)24-17(5)13-21/h14-17H,8-13H2,1-7H3. The lowest BCUT2D eigenvalue weighted by Crippen LogP contribution is -2.42. The minimum atomic E-state index is -1.07. The van der Waals surface area contributed by atoms with Gasteiger partial charge < -0.3 is 4.74 Å². The fraction of sp³-hybridized carbons (Fsp3) is 0.900. The lowest BCUT2D eigenvalue weighted by Gasteiger charge is -2.29. The molecular weight excluding hydrogens is 302 g/mol. The van der Waals surface area contributed by atoms with Crippen LogP contribution in [0.4, 0.5) is 0 Å². The van der Waals surface area contributed by atoms with E-state index in [9.17, 15) is 9.59 Å². The molecule has 4 nitrogen and oxygen atoms in total. The summed E-state index contributed by atoms with van der Waals surface area (Å²) >= 11 is 0. The Bertz CT molecular complexity index is 433. The third kappa shape index (κ3) is 5.87. The first kappa shape index (κ1) is 21.1. The Morgan fingerprint density at radius 1 is 1.04 bits per heavy atom. The Hall–Kier alpha value is -0.900. The minimum absolute atomic E-state index is 0.00358. The number of ether oxygens (including phenoxy) is 1. The molecule has 4 heteroatoms. The molecule has 140 valence electrons. The molecule has 0 bridgehead atoms. The lowest BCUT2D eigenvalue weighted by atomic mass is 9.78. The molecular formula is C20H37NO3. The Balaban J connectivity index is 3.01. The third-order valence-corrected chi connectivity index (χ3v) is 5.07. The number of Topliss-reactive ketones (excluding diaryl/α,β-unsaturated/α-hetero) is 1. The van der Waals surface area contributed by atoms with Gasteiger partial charge in [-0.3, -0.25) is 14.5 Å². The summed E-state index contributed by atoms with van der Waals surface area (Å²) in [5.41, 5.74) is -1.07. The second-order valence-corrected chi connectivity index (χ2v) is 8.55. The topological polar surface area (TPSA) is 46.6 Å². The highest BCUT2D eigenvalue weighted by molar-refractivity contribution is 6.03. The summed E-state index contributed by atoms with van der Waals surface area (Å²) in [7, 11) is 0. The molecule has 4 unspecified atom stereocenters. The van der Waals surface area contributed by atoms with Gasteiger partial charge in [-0.25, -0.2) is 0 Å². The predicted molar refractivity (Wildman–Crippen MR) is 97.8 cm³/mol. The number of carbonyl (C=O) groups is 2. The van der Waals surface area contributed by atoms with Crippen LogP contribution in [0, 0.1) is 23.2 Å². The van der Waals surface area contributed by atoms with Crippen LogP contribution in [0.25, 0.3) is 0 Å². The van der Waals surface area contributed by atoms with Crippen molar-refractivity contribution in [3.63, 3.8) is 0 Å². The maximum absolute atomic E-state index is 12.8. The molecule has 1 aliphatic heterocycles. The molecule has 0 aromatic carbocycles. The highest BCUT2D eigenvalue weighted by Gasteiger charge is 2.41. The van der Waals surface area contributed by atoms with Crippen LogP contribution >= 0.6 is 0 Å². The van der Waals surface area contributed by atoms with Crippen LogP contribution in [0.3, 0.4) is 0 Å². The van der Waals surface area contributed by atoms with Crippen molar-refractivity contribution in [1.29, 1.82) is 0 Å². The van der Waals surface area contributed by atoms with Gasteiger partial charge in [-0.15, -0.1) is 0 Å². The first-order chi connectivity index (χ1) is 11.1. The zero-order valence-electron chi connectivity index (χ0n) is 16.7. The van der Waals surface area contributed by atoms with Gasteiger partial charge in [0, 0.05) is 19.0 Å². The van der Waals surface area contributed by atoms with E-state index in [1.165, 1.54) is 0 Å². The van der Waals surface area contributed by atoms with Gasteiger partial charge >= 0.3 is 5.97 Å². The van der Waals surface area contributed by atoms with Crippen LogP contribution < -0.4 is 0 Å². The van der Waals surface area contributed by atoms with Crippen LogP contribution in [0.1, 0.15) is 67.7 Å². The molecule has 0 saturated carbocycles. The molecule has 0 N–H and O–H groups in total. The Morgan fingerprint density at radius 3 is 2.25 bits per heavy atom. The van der Waals surface area contributed by atoms with Gasteiger partial charge in [0.25, 0.3) is 0 Å². The summed E-state index contributed by atoms with van der Waals surface area (Å²) < 4.78 is 5.64. The fourth-order valence-electron chi connectivity index (χ4n) is 4.03. The van der Waals surface area contributed by atoms with Crippen molar-refractivity contribution in [3.05, 3.63) is 0 Å². The summed E-state index contributed by atoms with van der Waals surface area (Å²) in [6.07, 6.45) is 2.84. The normalized spacial score (nSPS) is 34.0. The highest BCUT2D eigenvalue weighted by Crippen LogP contribution is 2.29. The number of hydrogen-bond donors (Lipinski definition) is 0. The molecule has 1 heterocycles. The van der Waals surface area contributed by atoms with Crippen molar-refractivity contribution in [1.82, 2.24) is 4.90 Å². The van der Waals surface area contributed by atoms with E-state index >= 15 is 0 Å². The number of ketones is 1. The molecule has 0 radical (unpaired) electrons. The van der Waals surface area contributed by atoms with Gasteiger partial charge in [0.1, 0.15) is 11.5 Å². The van der Waals surface area contributed by atoms with Crippen molar-refractivity contribution >= 4 is 11.8 Å². The monoisotopic (exact) mass is 339 g/mol. The van der Waals surface area contributed by atoms with E-state index in [-0.39, 0.29) is 23.8 Å². The largest absolute Gasteiger partial charge is 0.461 e. The number of carbonyl (C=O) groups excluding carboxylic acids is 2. The van der Waals surface area contributed by atoms with Crippen molar-refractivity contribution in [2.24, 2.45) is 23.2 Å². The SMILES string of the molecule is CCCN1CC(C)CC(C)CC(C)C(=O)C(C)(C)C(=O)OC(C)C1. The summed E-state index contributed by atoms with van der Waals surface area (Å²) in [4.78, 5) is 27.7. The van der Waals surface area contributed by atoms with Gasteiger partial charge in [-0.05, 0) is 58.4 Å². The van der Waals surface area contributed by atoms with Crippen molar-refractivity contribution in [2.45, 2.75) is 73.8 Å². The molecule has 1 saturated heterocycles. The number of rotatable bonds is 2. The average molecular weight is 340 g/mol. The maximum Gasteiger partial charge on any atom is 0.319 e. The van der Waals surface area contributed by atoms with E-state index < -0.39 is 5.41 Å². The molecule has 0 aromatic rings. The van der Waals surface area contributed by atoms with Gasteiger partial charge in [0.15, 0.2) is 5.78 Å². The average Bonchev–Trinajstić information content (AvgIpc) is 2.44. The van der Waals surface area contributed by atoms with E-state index in [0.717, 1.165) is 38.9 Å². The highest BCUT2D eigenvalue weighted by atomic mass is 16.5. The number of hydrogen-bond acceptors (Lipinski definition) is 4. The lowest BCUT2D eigenvalue weighted by molar-refractivity contribution is -0.164. The molecule has 0 amide bonds. The number of nitrogens with zero attached hydrogens (tertiary/aromatic N) is 1. The van der Waals surface area contributed by atoms with Gasteiger partial charge in [-0.1, -0.05) is 27.7 Å². The quantitative estimate of drug-likeness (QED) is 0.565. The van der Waals surface area contributed by atoms with Crippen molar-refractivity contribution in [2.75, 3.05) is 19.6 Å². The molecule has 1 rings (SSSR count). The van der Waals surface area contributed by atoms with Crippen LogP contribution in [0.2, 0.25) is 0 Å². The zero-order valence-corrected chi connectivity index (χ0v) is 16.7. The summed E-state index contributed by atoms with van der Waals surface area (Å²) in [6, 6.07) is 0. The van der Waals surface area contributed by atoms with Crippen molar-refractivity contribution < 1.29 is 14.3 Å². The predicted octanol–water partition coefficient (Wildman–Crippen LogP) is 3.93. The van der Waals surface area contributed by atoms with Crippen LogP contribution in [0.5, 0.6) is 0 Å². The molecule has 0 aromatic heterocycles. The first-order valence-corrected chi connectivity index (χ1v) is 9.55. The van der Waals surface area contributed by atoms with Gasteiger partial charge in [0.2, 0.25) is 0 Å². The third-order valence-electron chi connectivity index (χ3n) is 5.07. The smallest absolute Gasteiger partial charge is 0.319 e. The summed E-state index contributed by atoms with van der Waals surface area (Å²) in [5.74, 6) is 0.558. The fourth-order valence-corrected chi connectivity index (χ4v) is 4.03.